The zero-order chi connectivity index (χ0) is 13.9. The standard InChI is InChI=1S/C16H25NO2/c1-3-7-14(10-11-17-2)12-16(18)19-13-15-8-5-4-6-9-15/h4-6,8-9,14,17H,3,7,10-13H2,1-2H3/t14-/m0/s1. The normalized spacial score (nSPS) is 12.1. The first-order valence-electron chi connectivity index (χ1n) is 7.10. The van der Waals surface area contributed by atoms with Gasteiger partial charge in [0.25, 0.3) is 0 Å². The highest BCUT2D eigenvalue weighted by atomic mass is 16.5. The molecule has 0 bridgehead atoms. The van der Waals surface area contributed by atoms with Gasteiger partial charge in [-0.3, -0.25) is 4.79 Å². The van der Waals surface area contributed by atoms with E-state index in [4.69, 9.17) is 4.74 Å². The molecule has 0 saturated heterocycles. The van der Waals surface area contributed by atoms with Gasteiger partial charge in [-0.05, 0) is 31.5 Å². The monoisotopic (exact) mass is 263 g/mol. The summed E-state index contributed by atoms with van der Waals surface area (Å²) in [5, 5.41) is 3.14. The molecule has 0 fully saturated rings. The first kappa shape index (κ1) is 15.7. The van der Waals surface area contributed by atoms with E-state index in [0.717, 1.165) is 31.4 Å². The number of benzene rings is 1. The van der Waals surface area contributed by atoms with Gasteiger partial charge in [0.15, 0.2) is 0 Å². The lowest BCUT2D eigenvalue weighted by Gasteiger charge is -2.15. The Morgan fingerprint density at radius 1 is 1.26 bits per heavy atom. The second-order valence-corrected chi connectivity index (χ2v) is 4.90. The molecule has 1 N–H and O–H groups in total. The number of ether oxygens (including phenoxy) is 1. The van der Waals surface area contributed by atoms with Crippen LogP contribution in [0.3, 0.4) is 0 Å². The molecule has 0 aliphatic rings. The van der Waals surface area contributed by atoms with Crippen LogP contribution in [-0.4, -0.2) is 19.6 Å². The van der Waals surface area contributed by atoms with E-state index >= 15 is 0 Å². The Morgan fingerprint density at radius 3 is 2.63 bits per heavy atom. The summed E-state index contributed by atoms with van der Waals surface area (Å²) in [5.74, 6) is 0.346. The van der Waals surface area contributed by atoms with Crippen LogP contribution >= 0.6 is 0 Å². The predicted molar refractivity (Wildman–Crippen MR) is 77.8 cm³/mol. The number of rotatable bonds is 9. The number of carbonyl (C=O) groups excluding carboxylic acids is 1. The average Bonchev–Trinajstić information content (AvgIpc) is 2.44. The van der Waals surface area contributed by atoms with Crippen molar-refractivity contribution in [3.8, 4) is 0 Å². The van der Waals surface area contributed by atoms with Gasteiger partial charge < -0.3 is 10.1 Å². The molecule has 0 heterocycles. The minimum absolute atomic E-state index is 0.0848. The SMILES string of the molecule is CCC[C@@H](CCNC)CC(=O)OCc1ccccc1. The molecule has 0 unspecified atom stereocenters. The molecular weight excluding hydrogens is 238 g/mol. The van der Waals surface area contributed by atoms with Crippen molar-refractivity contribution >= 4 is 5.97 Å². The van der Waals surface area contributed by atoms with Gasteiger partial charge in [0, 0.05) is 6.42 Å². The number of hydrogen-bond acceptors (Lipinski definition) is 3. The van der Waals surface area contributed by atoms with Gasteiger partial charge in [0.2, 0.25) is 0 Å². The molecule has 0 aliphatic heterocycles. The molecule has 0 aromatic heterocycles. The summed E-state index contributed by atoms with van der Waals surface area (Å²) in [4.78, 5) is 11.8. The largest absolute Gasteiger partial charge is 0.461 e. The highest BCUT2D eigenvalue weighted by Crippen LogP contribution is 2.16. The lowest BCUT2D eigenvalue weighted by atomic mass is 9.96. The topological polar surface area (TPSA) is 38.3 Å². The molecular formula is C16H25NO2. The highest BCUT2D eigenvalue weighted by Gasteiger charge is 2.13. The van der Waals surface area contributed by atoms with Gasteiger partial charge in [0.1, 0.15) is 6.61 Å². The van der Waals surface area contributed by atoms with E-state index in [-0.39, 0.29) is 5.97 Å². The van der Waals surface area contributed by atoms with Gasteiger partial charge in [-0.15, -0.1) is 0 Å². The van der Waals surface area contributed by atoms with Crippen molar-refractivity contribution in [3.63, 3.8) is 0 Å². The number of nitrogens with one attached hydrogen (secondary N) is 1. The highest BCUT2D eigenvalue weighted by molar-refractivity contribution is 5.69. The maximum Gasteiger partial charge on any atom is 0.306 e. The van der Waals surface area contributed by atoms with Crippen LogP contribution < -0.4 is 5.32 Å². The summed E-state index contributed by atoms with van der Waals surface area (Å²) in [5.41, 5.74) is 1.04. The molecule has 1 rings (SSSR count). The van der Waals surface area contributed by atoms with Crippen molar-refractivity contribution in [2.45, 2.75) is 39.2 Å². The van der Waals surface area contributed by atoms with Crippen molar-refractivity contribution in [1.29, 1.82) is 0 Å². The summed E-state index contributed by atoms with van der Waals surface area (Å²) in [6.45, 7) is 3.49. The van der Waals surface area contributed by atoms with Gasteiger partial charge >= 0.3 is 5.97 Å². The Bertz CT molecular complexity index is 351. The molecule has 19 heavy (non-hydrogen) atoms. The minimum atomic E-state index is -0.0848. The first-order chi connectivity index (χ1) is 9.26. The van der Waals surface area contributed by atoms with Crippen LogP contribution in [0.5, 0.6) is 0 Å². The summed E-state index contributed by atoms with van der Waals surface area (Å²) < 4.78 is 5.33. The molecule has 1 aromatic rings. The second-order valence-electron chi connectivity index (χ2n) is 4.90. The molecule has 0 radical (unpaired) electrons. The van der Waals surface area contributed by atoms with Gasteiger partial charge in [0.05, 0.1) is 0 Å². The lowest BCUT2D eigenvalue weighted by Crippen LogP contribution is -2.17. The minimum Gasteiger partial charge on any atom is -0.461 e. The fraction of sp³-hybridized carbons (Fsp3) is 0.562. The molecule has 0 amide bonds. The van der Waals surface area contributed by atoms with E-state index in [0.29, 0.717) is 18.9 Å². The van der Waals surface area contributed by atoms with E-state index in [1.54, 1.807) is 0 Å². The van der Waals surface area contributed by atoms with Crippen LogP contribution in [0, 0.1) is 5.92 Å². The molecule has 0 saturated carbocycles. The third-order valence-electron chi connectivity index (χ3n) is 3.20. The molecule has 106 valence electrons. The quantitative estimate of drug-likeness (QED) is 0.696. The van der Waals surface area contributed by atoms with Crippen molar-refractivity contribution in [1.82, 2.24) is 5.32 Å². The lowest BCUT2D eigenvalue weighted by molar-refractivity contribution is -0.146. The summed E-state index contributed by atoms with van der Waals surface area (Å²) >= 11 is 0. The summed E-state index contributed by atoms with van der Waals surface area (Å²) in [6.07, 6.45) is 3.76. The van der Waals surface area contributed by atoms with Crippen molar-refractivity contribution in [3.05, 3.63) is 35.9 Å². The van der Waals surface area contributed by atoms with Crippen LogP contribution in [0.25, 0.3) is 0 Å². The van der Waals surface area contributed by atoms with E-state index < -0.39 is 0 Å². The number of hydrogen-bond donors (Lipinski definition) is 1. The van der Waals surface area contributed by atoms with Crippen LogP contribution in [-0.2, 0) is 16.1 Å². The Balaban J connectivity index is 2.31. The third-order valence-corrected chi connectivity index (χ3v) is 3.20. The van der Waals surface area contributed by atoms with E-state index in [9.17, 15) is 4.79 Å². The molecule has 3 nitrogen and oxygen atoms in total. The van der Waals surface area contributed by atoms with Crippen LogP contribution in [0.15, 0.2) is 30.3 Å². The molecule has 1 aromatic carbocycles. The van der Waals surface area contributed by atoms with Crippen LogP contribution in [0.4, 0.5) is 0 Å². The van der Waals surface area contributed by atoms with Crippen molar-refractivity contribution < 1.29 is 9.53 Å². The zero-order valence-corrected chi connectivity index (χ0v) is 12.0. The van der Waals surface area contributed by atoms with Gasteiger partial charge in [-0.2, -0.15) is 0 Å². The molecule has 3 heteroatoms. The van der Waals surface area contributed by atoms with Crippen molar-refractivity contribution in [2.24, 2.45) is 5.92 Å². The van der Waals surface area contributed by atoms with E-state index in [2.05, 4.69) is 12.2 Å². The second kappa shape index (κ2) is 9.56. The van der Waals surface area contributed by atoms with E-state index in [1.807, 2.05) is 37.4 Å². The predicted octanol–water partition coefficient (Wildman–Crippen LogP) is 3.15. The first-order valence-corrected chi connectivity index (χ1v) is 7.10. The Labute approximate surface area is 116 Å². The van der Waals surface area contributed by atoms with Crippen LogP contribution in [0.2, 0.25) is 0 Å². The fourth-order valence-electron chi connectivity index (χ4n) is 2.14. The van der Waals surface area contributed by atoms with Gasteiger partial charge in [-0.1, -0.05) is 50.1 Å². The number of carbonyl (C=O) groups is 1. The smallest absolute Gasteiger partial charge is 0.306 e. The van der Waals surface area contributed by atoms with Crippen LogP contribution in [0.1, 0.15) is 38.2 Å². The zero-order valence-electron chi connectivity index (χ0n) is 12.0. The molecule has 1 atom stereocenters. The fourth-order valence-corrected chi connectivity index (χ4v) is 2.14. The third kappa shape index (κ3) is 6.97. The number of esters is 1. The Morgan fingerprint density at radius 2 is 2.00 bits per heavy atom. The molecule has 0 aliphatic carbocycles. The maximum atomic E-state index is 11.8. The van der Waals surface area contributed by atoms with Crippen molar-refractivity contribution in [2.75, 3.05) is 13.6 Å². The Kier molecular flexibility index (Phi) is 7.91. The Hall–Kier alpha value is -1.35. The maximum absolute atomic E-state index is 11.8. The summed E-state index contributed by atoms with van der Waals surface area (Å²) in [7, 11) is 1.94. The molecule has 0 spiro atoms. The summed E-state index contributed by atoms with van der Waals surface area (Å²) in [6, 6.07) is 9.81. The van der Waals surface area contributed by atoms with E-state index in [1.165, 1.54) is 0 Å². The van der Waals surface area contributed by atoms with Gasteiger partial charge in [-0.25, -0.2) is 0 Å². The average molecular weight is 263 g/mol.